The van der Waals surface area contributed by atoms with Crippen molar-refractivity contribution in [1.29, 1.82) is 0 Å². The molecular weight excluding hydrogens is 418 g/mol. The molecule has 1 fully saturated rings. The zero-order valence-electron chi connectivity index (χ0n) is 18.3. The van der Waals surface area contributed by atoms with E-state index in [2.05, 4.69) is 19.2 Å². The first-order valence-corrected chi connectivity index (χ1v) is 11.6. The average molecular weight is 448 g/mol. The highest BCUT2D eigenvalue weighted by atomic mass is 32.1. The van der Waals surface area contributed by atoms with Gasteiger partial charge in [-0.15, -0.1) is 11.3 Å². The smallest absolute Gasteiger partial charge is 0.350 e. The van der Waals surface area contributed by atoms with Gasteiger partial charge in [-0.05, 0) is 26.3 Å². The first kappa shape index (κ1) is 22.1. The Morgan fingerprint density at radius 1 is 1.32 bits per heavy atom. The molecule has 0 aromatic carbocycles. The van der Waals surface area contributed by atoms with Crippen molar-refractivity contribution in [3.05, 3.63) is 22.2 Å². The van der Waals surface area contributed by atoms with E-state index in [4.69, 9.17) is 19.2 Å². The number of aromatic nitrogens is 1. The maximum absolute atomic E-state index is 12.8. The minimum Gasteiger partial charge on any atom is -0.462 e. The quantitative estimate of drug-likeness (QED) is 0.681. The van der Waals surface area contributed by atoms with E-state index in [-0.39, 0.29) is 24.7 Å². The van der Waals surface area contributed by atoms with Crippen LogP contribution in [0.25, 0.3) is 10.2 Å². The number of rotatable bonds is 6. The maximum Gasteiger partial charge on any atom is 0.350 e. The number of esters is 1. The molecule has 2 aromatic heterocycles. The first-order valence-electron chi connectivity index (χ1n) is 10.8. The van der Waals surface area contributed by atoms with Crippen molar-refractivity contribution in [2.45, 2.75) is 45.8 Å². The van der Waals surface area contributed by atoms with E-state index >= 15 is 0 Å². The number of pyridine rings is 1. The number of nitrogens with zero attached hydrogens (tertiary/aromatic N) is 2. The third-order valence-electron chi connectivity index (χ3n) is 5.91. The lowest BCUT2D eigenvalue weighted by Gasteiger charge is -2.33. The molecular formula is C22H29N3O5S. The van der Waals surface area contributed by atoms with E-state index in [0.29, 0.717) is 43.5 Å². The minimum absolute atomic E-state index is 0.167. The van der Waals surface area contributed by atoms with E-state index in [1.807, 2.05) is 11.0 Å². The number of amides is 1. The Morgan fingerprint density at radius 3 is 2.81 bits per heavy atom. The number of nitrogens with one attached hydrogen (secondary N) is 1. The molecule has 1 amide bonds. The largest absolute Gasteiger partial charge is 0.462 e. The molecule has 1 atom stereocenters. The van der Waals surface area contributed by atoms with Crippen molar-refractivity contribution in [1.82, 2.24) is 9.88 Å². The van der Waals surface area contributed by atoms with Gasteiger partial charge in [0.25, 0.3) is 0 Å². The van der Waals surface area contributed by atoms with E-state index < -0.39 is 5.97 Å². The highest BCUT2D eigenvalue weighted by Gasteiger charge is 2.32. The Hall–Kier alpha value is -2.07. The summed E-state index contributed by atoms with van der Waals surface area (Å²) in [5.41, 5.74) is 2.24. The van der Waals surface area contributed by atoms with Gasteiger partial charge in [0.05, 0.1) is 50.0 Å². The third-order valence-corrected chi connectivity index (χ3v) is 6.99. The fraction of sp³-hybridized carbons (Fsp3) is 0.591. The lowest BCUT2D eigenvalue weighted by atomic mass is 9.91. The van der Waals surface area contributed by atoms with Gasteiger partial charge in [0.2, 0.25) is 5.91 Å². The second-order valence-corrected chi connectivity index (χ2v) is 9.18. The molecule has 0 spiro atoms. The fourth-order valence-corrected chi connectivity index (χ4v) is 4.89. The number of ether oxygens (including phenoxy) is 3. The Morgan fingerprint density at radius 2 is 2.10 bits per heavy atom. The Labute approximate surface area is 185 Å². The predicted molar refractivity (Wildman–Crippen MR) is 119 cm³/mol. The molecule has 31 heavy (non-hydrogen) atoms. The van der Waals surface area contributed by atoms with Crippen LogP contribution in [0, 0.1) is 0 Å². The van der Waals surface area contributed by atoms with Gasteiger partial charge in [-0.3, -0.25) is 9.69 Å². The zero-order chi connectivity index (χ0) is 22.0. The highest BCUT2D eigenvalue weighted by molar-refractivity contribution is 7.21. The molecule has 1 saturated heterocycles. The number of fused-ring (bicyclic) bond motifs is 2. The molecule has 168 valence electrons. The second-order valence-electron chi connectivity index (χ2n) is 8.18. The van der Waals surface area contributed by atoms with Crippen LogP contribution in [0.4, 0.5) is 5.69 Å². The molecule has 4 rings (SSSR count). The average Bonchev–Trinajstić information content (AvgIpc) is 3.10. The van der Waals surface area contributed by atoms with Gasteiger partial charge < -0.3 is 19.5 Å². The maximum atomic E-state index is 12.8. The van der Waals surface area contributed by atoms with Gasteiger partial charge in [-0.25, -0.2) is 9.78 Å². The molecule has 0 unspecified atom stereocenters. The number of hydrogen-bond donors (Lipinski definition) is 1. The van der Waals surface area contributed by atoms with E-state index in [9.17, 15) is 9.59 Å². The summed E-state index contributed by atoms with van der Waals surface area (Å²) in [4.78, 5) is 33.4. The molecule has 0 aliphatic carbocycles. The number of morpholine rings is 1. The molecule has 2 aliphatic heterocycles. The topological polar surface area (TPSA) is 90.0 Å². The molecule has 2 aromatic rings. The van der Waals surface area contributed by atoms with Crippen LogP contribution in [0.3, 0.4) is 0 Å². The van der Waals surface area contributed by atoms with Crippen LogP contribution in [0.15, 0.2) is 6.07 Å². The summed E-state index contributed by atoms with van der Waals surface area (Å²) in [6.07, 6.45) is 1.62. The number of thiophene rings is 1. The van der Waals surface area contributed by atoms with Crippen LogP contribution in [0.5, 0.6) is 0 Å². The number of carbonyl (C=O) groups is 2. The molecule has 8 nitrogen and oxygen atoms in total. The van der Waals surface area contributed by atoms with E-state index in [0.717, 1.165) is 34.3 Å². The predicted octanol–water partition coefficient (Wildman–Crippen LogP) is 2.99. The Balaban J connectivity index is 1.67. The van der Waals surface area contributed by atoms with Crippen LogP contribution in [-0.2, 0) is 32.0 Å². The van der Waals surface area contributed by atoms with Gasteiger partial charge in [-0.2, -0.15) is 0 Å². The fourth-order valence-electron chi connectivity index (χ4n) is 3.87. The van der Waals surface area contributed by atoms with Gasteiger partial charge in [0.15, 0.2) is 0 Å². The lowest BCUT2D eigenvalue weighted by Crippen LogP contribution is -2.41. The van der Waals surface area contributed by atoms with Crippen molar-refractivity contribution in [2.24, 2.45) is 0 Å². The molecule has 0 bridgehead atoms. The van der Waals surface area contributed by atoms with Gasteiger partial charge >= 0.3 is 5.97 Å². The van der Waals surface area contributed by atoms with Crippen LogP contribution in [0.2, 0.25) is 0 Å². The summed E-state index contributed by atoms with van der Waals surface area (Å²) in [5.74, 6) is -0.612. The van der Waals surface area contributed by atoms with Gasteiger partial charge in [0, 0.05) is 30.5 Å². The second kappa shape index (κ2) is 9.20. The summed E-state index contributed by atoms with van der Waals surface area (Å²) < 4.78 is 16.7. The number of carbonyl (C=O) groups excluding carboxylic acids is 2. The minimum atomic E-state index is -0.445. The van der Waals surface area contributed by atoms with Crippen LogP contribution < -0.4 is 5.32 Å². The van der Waals surface area contributed by atoms with Crippen molar-refractivity contribution in [3.63, 3.8) is 0 Å². The van der Waals surface area contributed by atoms with E-state index in [1.54, 1.807) is 6.92 Å². The molecule has 2 aliphatic rings. The van der Waals surface area contributed by atoms with E-state index in [1.165, 1.54) is 11.3 Å². The summed E-state index contributed by atoms with van der Waals surface area (Å²) in [5, 5.41) is 3.72. The molecule has 0 saturated carbocycles. The van der Waals surface area contributed by atoms with Gasteiger partial charge in [-0.1, -0.05) is 6.92 Å². The Kier molecular flexibility index (Phi) is 6.57. The standard InChI is InChI=1S/C22H29N3O5S/c1-4-22(3)11-16-14(13-30-22)10-15-18(19(21(27)29-5-2)31-20(15)23-16)24-17(26)12-25-6-8-28-9-7-25/h10H,4-9,11-13H2,1-3H3,(H,24,26)/t22-/m1/s1. The van der Waals surface area contributed by atoms with Crippen molar-refractivity contribution >= 4 is 39.1 Å². The van der Waals surface area contributed by atoms with Crippen molar-refractivity contribution in [3.8, 4) is 0 Å². The lowest BCUT2D eigenvalue weighted by molar-refractivity contribution is -0.118. The normalized spacial score (nSPS) is 21.6. The monoisotopic (exact) mass is 447 g/mol. The third kappa shape index (κ3) is 4.74. The molecule has 4 heterocycles. The number of anilines is 1. The molecule has 1 N–H and O–H groups in total. The summed E-state index contributed by atoms with van der Waals surface area (Å²) in [6.45, 7) is 9.62. The van der Waals surface area contributed by atoms with Crippen molar-refractivity contribution < 1.29 is 23.8 Å². The molecule has 0 radical (unpaired) electrons. The summed E-state index contributed by atoms with van der Waals surface area (Å²) in [6, 6.07) is 2.00. The number of hydrogen-bond acceptors (Lipinski definition) is 8. The van der Waals surface area contributed by atoms with Crippen LogP contribution in [0.1, 0.15) is 48.1 Å². The molecule has 9 heteroatoms. The SMILES string of the molecule is CCOC(=O)c1sc2nc3c(cc2c1NC(=O)CN1CCOCC1)CO[C@](C)(CC)C3. The highest BCUT2D eigenvalue weighted by Crippen LogP contribution is 2.39. The zero-order valence-corrected chi connectivity index (χ0v) is 19.1. The first-order chi connectivity index (χ1) is 14.9. The van der Waals surface area contributed by atoms with Crippen LogP contribution >= 0.6 is 11.3 Å². The van der Waals surface area contributed by atoms with Crippen molar-refractivity contribution in [2.75, 3.05) is 44.8 Å². The summed E-state index contributed by atoms with van der Waals surface area (Å²) in [7, 11) is 0. The Bertz CT molecular complexity index is 985. The van der Waals surface area contributed by atoms with Gasteiger partial charge in [0.1, 0.15) is 9.71 Å². The van der Waals surface area contributed by atoms with Crippen LogP contribution in [-0.4, -0.2) is 66.8 Å². The summed E-state index contributed by atoms with van der Waals surface area (Å²) >= 11 is 1.27.